The van der Waals surface area contributed by atoms with E-state index in [1.807, 2.05) is 31.2 Å². The van der Waals surface area contributed by atoms with Gasteiger partial charge in [0.25, 0.3) is 10.1 Å². The predicted molar refractivity (Wildman–Crippen MR) is 263 cm³/mol. The molecule has 11 nitrogen and oxygen atoms in total. The molecule has 0 aliphatic carbocycles. The van der Waals surface area contributed by atoms with Crippen molar-refractivity contribution in [3.05, 3.63) is 77.0 Å². The van der Waals surface area contributed by atoms with Crippen LogP contribution in [0.25, 0.3) is 0 Å². The summed E-state index contributed by atoms with van der Waals surface area (Å²) in [7, 11) is -4.64. The fourth-order valence-electron chi connectivity index (χ4n) is 5.80. The van der Waals surface area contributed by atoms with E-state index < -0.39 is 27.0 Å². The van der Waals surface area contributed by atoms with E-state index in [0.717, 1.165) is 119 Å². The summed E-state index contributed by atoms with van der Waals surface area (Å²) in [5.74, 6) is -0.910. The summed E-state index contributed by atoms with van der Waals surface area (Å²) in [5, 5.41) is 0. The van der Waals surface area contributed by atoms with Crippen molar-refractivity contribution in [3.8, 4) is 11.5 Å². The Kier molecular flexibility index (Phi) is 24.1. The second kappa shape index (κ2) is 27.2. The quantitative estimate of drug-likeness (QED) is 0.0283. The molecule has 0 aliphatic heterocycles. The number of unbranched alkanes of at least 4 members (excludes halogenated alkanes) is 12. The first-order valence-corrected chi connectivity index (χ1v) is 25.9. The highest BCUT2D eigenvalue weighted by molar-refractivity contribution is 14.1. The van der Waals surface area contributed by atoms with Gasteiger partial charge in [-0.2, -0.15) is 8.42 Å². The van der Waals surface area contributed by atoms with Crippen LogP contribution in [0.2, 0.25) is 0 Å². The van der Waals surface area contributed by atoms with Gasteiger partial charge in [-0.15, -0.1) is 0 Å². The second-order valence-corrected chi connectivity index (χ2v) is 21.0. The number of hydrogen-bond donors (Lipinski definition) is 1. The number of aryl methyl sites for hydroxylation is 1. The molecule has 318 valence electrons. The van der Waals surface area contributed by atoms with Crippen LogP contribution in [0.5, 0.6) is 11.5 Å². The number of benzene rings is 3. The van der Waals surface area contributed by atoms with Crippen LogP contribution in [0.15, 0.2) is 47.4 Å². The average molecular weight is 1380 g/mol. The molecule has 3 aromatic carbocycles. The van der Waals surface area contributed by atoms with Gasteiger partial charge in [0.05, 0.1) is 39.9 Å². The smallest absolute Gasteiger partial charge is 0.339 e. The van der Waals surface area contributed by atoms with Gasteiger partial charge in [-0.25, -0.2) is 9.59 Å². The molecule has 0 radical (unpaired) electrons. The Hall–Kier alpha value is -0.900. The highest BCUT2D eigenvalue weighted by Gasteiger charge is 2.23. The standard InChI is InChI=1S/C41H47I5O11S/c1-27-22-28(42)23-33(44)38(27)56-36(47)16-12-8-4-2-6-10-14-20-54-40(49)31-19-18-30(58(51,52)53)26-32(31)41(50)55-21-15-11-7-3-5-9-13-17-37(48)57-39-34(45)24-29(43)25-35(39)46/h18-19,22-26H,2-17,20-21H2,1H3,(H,51,52,53). The predicted octanol–water partition coefficient (Wildman–Crippen LogP) is 12.0. The Morgan fingerprint density at radius 1 is 0.534 bits per heavy atom. The zero-order valence-electron chi connectivity index (χ0n) is 32.1. The minimum atomic E-state index is -4.64. The van der Waals surface area contributed by atoms with Crippen molar-refractivity contribution in [2.45, 2.75) is 115 Å². The van der Waals surface area contributed by atoms with Crippen molar-refractivity contribution in [1.82, 2.24) is 0 Å². The number of carbonyl (C=O) groups excluding carboxylic acids is 4. The maximum atomic E-state index is 13.0. The number of rotatable bonds is 25. The molecule has 0 amide bonds. The van der Waals surface area contributed by atoms with E-state index in [9.17, 15) is 32.1 Å². The summed E-state index contributed by atoms with van der Waals surface area (Å²) in [5.41, 5.74) is 0.500. The van der Waals surface area contributed by atoms with Crippen LogP contribution in [0.3, 0.4) is 0 Å². The molecule has 3 aromatic rings. The highest BCUT2D eigenvalue weighted by atomic mass is 127. The summed E-state index contributed by atoms with van der Waals surface area (Å²) >= 11 is 11.0. The van der Waals surface area contributed by atoms with Gasteiger partial charge < -0.3 is 18.9 Å². The van der Waals surface area contributed by atoms with Crippen LogP contribution >= 0.6 is 113 Å². The first kappa shape index (κ1) is 51.5. The van der Waals surface area contributed by atoms with Gasteiger partial charge >= 0.3 is 23.9 Å². The van der Waals surface area contributed by atoms with Gasteiger partial charge in [-0.3, -0.25) is 14.1 Å². The molecule has 0 spiro atoms. The molecule has 0 bridgehead atoms. The molecule has 0 aromatic heterocycles. The molecule has 0 heterocycles. The Morgan fingerprint density at radius 3 is 1.40 bits per heavy atom. The third-order valence-electron chi connectivity index (χ3n) is 8.83. The SMILES string of the molecule is Cc1cc(I)cc(I)c1OC(=O)CCCCCCCCCOC(=O)c1ccc(S(=O)(=O)O)cc1C(=O)OCCCCCCCCCC(=O)Oc1c(I)cc(I)cc1I. The topological polar surface area (TPSA) is 160 Å². The number of esters is 4. The molecule has 0 unspecified atom stereocenters. The fourth-order valence-corrected chi connectivity index (χ4v) is 12.4. The van der Waals surface area contributed by atoms with E-state index in [-0.39, 0.29) is 36.3 Å². The Labute approximate surface area is 409 Å². The van der Waals surface area contributed by atoms with E-state index in [0.29, 0.717) is 37.2 Å². The molecule has 0 atom stereocenters. The van der Waals surface area contributed by atoms with Crippen molar-refractivity contribution in [2.24, 2.45) is 0 Å². The lowest BCUT2D eigenvalue weighted by molar-refractivity contribution is -0.135. The molecule has 3 rings (SSSR count). The number of ether oxygens (including phenoxy) is 4. The van der Waals surface area contributed by atoms with Gasteiger partial charge in [0.1, 0.15) is 5.75 Å². The lowest BCUT2D eigenvalue weighted by Gasteiger charge is -2.11. The summed E-state index contributed by atoms with van der Waals surface area (Å²) in [4.78, 5) is 50.0. The molecule has 17 heteroatoms. The Balaban J connectivity index is 1.29. The fraction of sp³-hybridized carbons (Fsp3) is 0.463. The van der Waals surface area contributed by atoms with E-state index in [1.165, 1.54) is 0 Å². The van der Waals surface area contributed by atoms with Crippen LogP contribution in [0.4, 0.5) is 0 Å². The molecular formula is C41H47I5O11S. The molecule has 0 saturated heterocycles. The van der Waals surface area contributed by atoms with E-state index in [2.05, 4.69) is 113 Å². The molecule has 1 N–H and O–H groups in total. The van der Waals surface area contributed by atoms with Gasteiger partial charge in [-0.1, -0.05) is 64.2 Å². The third kappa shape index (κ3) is 19.0. The largest absolute Gasteiger partial charge is 0.462 e. The molecule has 0 fully saturated rings. The van der Waals surface area contributed by atoms with Gasteiger partial charge in [0.15, 0.2) is 5.75 Å². The summed E-state index contributed by atoms with van der Waals surface area (Å²) in [6, 6.07) is 11.0. The van der Waals surface area contributed by atoms with E-state index in [4.69, 9.17) is 18.9 Å². The molecular weight excluding hydrogens is 1340 g/mol. The van der Waals surface area contributed by atoms with Crippen LogP contribution in [-0.2, 0) is 29.2 Å². The van der Waals surface area contributed by atoms with Crippen LogP contribution in [-0.4, -0.2) is 50.1 Å². The Morgan fingerprint density at radius 2 is 0.931 bits per heavy atom. The van der Waals surface area contributed by atoms with E-state index in [1.54, 1.807) is 0 Å². The lowest BCUT2D eigenvalue weighted by atomic mass is 10.1. The van der Waals surface area contributed by atoms with Crippen molar-refractivity contribution in [3.63, 3.8) is 0 Å². The van der Waals surface area contributed by atoms with Crippen LogP contribution < -0.4 is 9.47 Å². The zero-order chi connectivity index (χ0) is 42.7. The first-order chi connectivity index (χ1) is 27.6. The molecule has 0 aliphatic rings. The second-order valence-electron chi connectivity index (χ2n) is 13.6. The monoisotopic (exact) mass is 1380 g/mol. The highest BCUT2D eigenvalue weighted by Crippen LogP contribution is 2.31. The van der Waals surface area contributed by atoms with Crippen molar-refractivity contribution >= 4 is 147 Å². The van der Waals surface area contributed by atoms with Gasteiger partial charge in [0, 0.05) is 20.0 Å². The lowest BCUT2D eigenvalue weighted by Crippen LogP contribution is -2.16. The molecule has 58 heavy (non-hydrogen) atoms. The number of hydrogen-bond acceptors (Lipinski definition) is 10. The maximum Gasteiger partial charge on any atom is 0.339 e. The minimum absolute atomic E-state index is 0.0712. The van der Waals surface area contributed by atoms with Crippen molar-refractivity contribution in [1.29, 1.82) is 0 Å². The Bertz CT molecular complexity index is 1940. The summed E-state index contributed by atoms with van der Waals surface area (Å²) in [6.45, 7) is 2.12. The van der Waals surface area contributed by atoms with Gasteiger partial charge in [-0.05, 0) is 194 Å². The summed E-state index contributed by atoms with van der Waals surface area (Å²) < 4.78 is 60.0. The number of carbonyl (C=O) groups is 4. The zero-order valence-corrected chi connectivity index (χ0v) is 43.7. The molecule has 0 saturated carbocycles. The number of halogens is 5. The third-order valence-corrected chi connectivity index (χ3v) is 13.3. The van der Waals surface area contributed by atoms with Crippen LogP contribution in [0, 0.1) is 24.8 Å². The van der Waals surface area contributed by atoms with Crippen molar-refractivity contribution < 1.29 is 51.1 Å². The normalized spacial score (nSPS) is 11.3. The van der Waals surface area contributed by atoms with E-state index >= 15 is 0 Å². The first-order valence-electron chi connectivity index (χ1n) is 19.0. The summed E-state index contributed by atoms with van der Waals surface area (Å²) in [6.07, 6.45) is 12.4. The van der Waals surface area contributed by atoms with Crippen molar-refractivity contribution in [2.75, 3.05) is 13.2 Å². The maximum absolute atomic E-state index is 13.0. The van der Waals surface area contributed by atoms with Crippen LogP contribution in [0.1, 0.15) is 129 Å². The van der Waals surface area contributed by atoms with Gasteiger partial charge in [0.2, 0.25) is 0 Å². The average Bonchev–Trinajstić information content (AvgIpc) is 3.15. The minimum Gasteiger partial charge on any atom is -0.462 e.